The molecule has 2 rings (SSSR count). The van der Waals surface area contributed by atoms with Crippen molar-refractivity contribution < 1.29 is 9.53 Å². The van der Waals surface area contributed by atoms with Gasteiger partial charge in [0.2, 0.25) is 0 Å². The Kier molecular flexibility index (Phi) is 4.50. The van der Waals surface area contributed by atoms with E-state index in [0.717, 1.165) is 11.3 Å². The first-order valence-electron chi connectivity index (χ1n) is 6.25. The molecule has 2 aromatic rings. The quantitative estimate of drug-likeness (QED) is 0.684. The molecular weight excluding hydrogens is 252 g/mol. The molecule has 0 atom stereocenters. The van der Waals surface area contributed by atoms with Crippen LogP contribution in [0.3, 0.4) is 0 Å². The number of ether oxygens (including phenoxy) is 1. The Balaban J connectivity index is 2.13. The summed E-state index contributed by atoms with van der Waals surface area (Å²) >= 11 is 0. The molecule has 0 saturated heterocycles. The van der Waals surface area contributed by atoms with Crippen LogP contribution in [0.25, 0.3) is 0 Å². The van der Waals surface area contributed by atoms with Crippen LogP contribution < -0.4 is 10.2 Å². The van der Waals surface area contributed by atoms with Gasteiger partial charge in [0.25, 0.3) is 5.91 Å². The van der Waals surface area contributed by atoms with Crippen LogP contribution in [0.1, 0.15) is 22.8 Å². The smallest absolute Gasteiger partial charge is 0.271 e. The lowest BCUT2D eigenvalue weighted by Crippen LogP contribution is -2.19. The number of carbonyl (C=O) groups excluding carboxylic acids is 1. The number of benzene rings is 2. The van der Waals surface area contributed by atoms with E-state index in [9.17, 15) is 4.79 Å². The van der Waals surface area contributed by atoms with Crippen molar-refractivity contribution in [2.45, 2.75) is 6.92 Å². The molecule has 2 aromatic carbocycles. The SMILES string of the molecule is COc1ccccc1/C(C)=N\NC(=O)c1ccccc1. The summed E-state index contributed by atoms with van der Waals surface area (Å²) < 4.78 is 5.26. The summed E-state index contributed by atoms with van der Waals surface area (Å²) in [5.74, 6) is 0.488. The molecule has 0 bridgehead atoms. The maximum Gasteiger partial charge on any atom is 0.271 e. The lowest BCUT2D eigenvalue weighted by Gasteiger charge is -2.07. The molecule has 0 aromatic heterocycles. The molecule has 0 fully saturated rings. The largest absolute Gasteiger partial charge is 0.496 e. The van der Waals surface area contributed by atoms with Crippen LogP contribution in [0.2, 0.25) is 0 Å². The maximum absolute atomic E-state index is 11.9. The Morgan fingerprint density at radius 3 is 2.40 bits per heavy atom. The highest BCUT2D eigenvalue weighted by Crippen LogP contribution is 2.17. The van der Waals surface area contributed by atoms with Crippen molar-refractivity contribution in [1.82, 2.24) is 5.43 Å². The highest BCUT2D eigenvalue weighted by Gasteiger charge is 2.07. The van der Waals surface area contributed by atoms with E-state index in [0.29, 0.717) is 11.3 Å². The Bertz CT molecular complexity index is 621. The molecule has 0 aliphatic rings. The molecule has 0 spiro atoms. The molecule has 0 unspecified atom stereocenters. The van der Waals surface area contributed by atoms with Gasteiger partial charge < -0.3 is 4.74 Å². The molecular formula is C16H16N2O2. The van der Waals surface area contributed by atoms with Gasteiger partial charge in [-0.15, -0.1) is 0 Å². The monoisotopic (exact) mass is 268 g/mol. The molecule has 0 aliphatic carbocycles. The van der Waals surface area contributed by atoms with Gasteiger partial charge in [0.05, 0.1) is 12.8 Å². The average Bonchev–Trinajstić information content (AvgIpc) is 2.53. The molecule has 20 heavy (non-hydrogen) atoms. The second-order valence-electron chi connectivity index (χ2n) is 4.20. The third kappa shape index (κ3) is 3.23. The summed E-state index contributed by atoms with van der Waals surface area (Å²) in [6, 6.07) is 16.5. The second kappa shape index (κ2) is 6.52. The third-order valence-electron chi connectivity index (χ3n) is 2.86. The van der Waals surface area contributed by atoms with Gasteiger partial charge in [-0.2, -0.15) is 5.10 Å². The Morgan fingerprint density at radius 2 is 1.70 bits per heavy atom. The van der Waals surface area contributed by atoms with Crippen LogP contribution in [0.5, 0.6) is 5.75 Å². The van der Waals surface area contributed by atoms with E-state index in [1.54, 1.807) is 19.2 Å². The third-order valence-corrected chi connectivity index (χ3v) is 2.86. The standard InChI is InChI=1S/C16H16N2O2/c1-12(14-10-6-7-11-15(14)20-2)17-18-16(19)13-8-4-3-5-9-13/h3-11H,1-2H3,(H,18,19)/b17-12-. The highest BCUT2D eigenvalue weighted by molar-refractivity contribution is 6.02. The molecule has 4 nitrogen and oxygen atoms in total. The average molecular weight is 268 g/mol. The van der Waals surface area contributed by atoms with E-state index < -0.39 is 0 Å². The van der Waals surface area contributed by atoms with E-state index in [1.807, 2.05) is 49.4 Å². The number of amides is 1. The Morgan fingerprint density at radius 1 is 1.05 bits per heavy atom. The second-order valence-corrected chi connectivity index (χ2v) is 4.20. The first-order chi connectivity index (χ1) is 9.72. The fourth-order valence-corrected chi connectivity index (χ4v) is 1.79. The van der Waals surface area contributed by atoms with Gasteiger partial charge in [-0.1, -0.05) is 30.3 Å². The van der Waals surface area contributed by atoms with Crippen LogP contribution in [-0.2, 0) is 0 Å². The molecule has 102 valence electrons. The van der Waals surface area contributed by atoms with E-state index in [1.165, 1.54) is 0 Å². The van der Waals surface area contributed by atoms with Crippen molar-refractivity contribution in [3.05, 3.63) is 65.7 Å². The lowest BCUT2D eigenvalue weighted by atomic mass is 10.1. The maximum atomic E-state index is 11.9. The summed E-state index contributed by atoms with van der Waals surface area (Å²) in [5.41, 5.74) is 4.65. The minimum Gasteiger partial charge on any atom is -0.496 e. The van der Waals surface area contributed by atoms with E-state index >= 15 is 0 Å². The number of hydrazone groups is 1. The van der Waals surface area contributed by atoms with Crippen LogP contribution >= 0.6 is 0 Å². The summed E-state index contributed by atoms with van der Waals surface area (Å²) in [5, 5.41) is 4.12. The van der Waals surface area contributed by atoms with Crippen LogP contribution in [0, 0.1) is 0 Å². The number of para-hydroxylation sites is 1. The number of nitrogens with one attached hydrogen (secondary N) is 1. The zero-order valence-corrected chi connectivity index (χ0v) is 11.5. The van der Waals surface area contributed by atoms with E-state index in [-0.39, 0.29) is 5.91 Å². The molecule has 0 saturated carbocycles. The van der Waals surface area contributed by atoms with E-state index in [2.05, 4.69) is 10.5 Å². The fraction of sp³-hybridized carbons (Fsp3) is 0.125. The number of rotatable bonds is 4. The van der Waals surface area contributed by atoms with Gasteiger partial charge in [-0.05, 0) is 31.2 Å². The summed E-state index contributed by atoms with van der Waals surface area (Å²) in [4.78, 5) is 11.9. The number of hydrogen-bond acceptors (Lipinski definition) is 3. The number of hydrogen-bond donors (Lipinski definition) is 1. The van der Waals surface area contributed by atoms with Gasteiger partial charge >= 0.3 is 0 Å². The van der Waals surface area contributed by atoms with Crippen molar-refractivity contribution in [2.75, 3.05) is 7.11 Å². The van der Waals surface area contributed by atoms with Gasteiger partial charge in [-0.25, -0.2) is 5.43 Å². The van der Waals surface area contributed by atoms with Gasteiger partial charge in [0, 0.05) is 11.1 Å². The minimum absolute atomic E-state index is 0.236. The summed E-state index contributed by atoms with van der Waals surface area (Å²) in [6.07, 6.45) is 0. The molecule has 0 radical (unpaired) electrons. The van der Waals surface area contributed by atoms with Crippen LogP contribution in [0.4, 0.5) is 0 Å². The van der Waals surface area contributed by atoms with Gasteiger partial charge in [-0.3, -0.25) is 4.79 Å². The van der Waals surface area contributed by atoms with Crippen molar-refractivity contribution in [3.63, 3.8) is 0 Å². The number of methoxy groups -OCH3 is 1. The molecule has 1 amide bonds. The van der Waals surface area contributed by atoms with Gasteiger partial charge in [0.15, 0.2) is 0 Å². The zero-order chi connectivity index (χ0) is 14.4. The van der Waals surface area contributed by atoms with Gasteiger partial charge in [0.1, 0.15) is 5.75 Å². The number of carbonyl (C=O) groups is 1. The fourth-order valence-electron chi connectivity index (χ4n) is 1.79. The first kappa shape index (κ1) is 13.8. The van der Waals surface area contributed by atoms with E-state index in [4.69, 9.17) is 4.74 Å². The molecule has 0 heterocycles. The topological polar surface area (TPSA) is 50.7 Å². The first-order valence-corrected chi connectivity index (χ1v) is 6.25. The molecule has 0 aliphatic heterocycles. The molecule has 4 heteroatoms. The van der Waals surface area contributed by atoms with Crippen molar-refractivity contribution >= 4 is 11.6 Å². The summed E-state index contributed by atoms with van der Waals surface area (Å²) in [7, 11) is 1.61. The molecule has 1 N–H and O–H groups in total. The highest BCUT2D eigenvalue weighted by atomic mass is 16.5. The summed E-state index contributed by atoms with van der Waals surface area (Å²) in [6.45, 7) is 1.82. The van der Waals surface area contributed by atoms with Crippen molar-refractivity contribution in [3.8, 4) is 5.75 Å². The number of nitrogens with zero attached hydrogens (tertiary/aromatic N) is 1. The van der Waals surface area contributed by atoms with Crippen molar-refractivity contribution in [2.24, 2.45) is 5.10 Å². The van der Waals surface area contributed by atoms with Crippen LogP contribution in [0.15, 0.2) is 59.7 Å². The van der Waals surface area contributed by atoms with Crippen LogP contribution in [-0.4, -0.2) is 18.7 Å². The Labute approximate surface area is 118 Å². The predicted octanol–water partition coefficient (Wildman–Crippen LogP) is 2.85. The lowest BCUT2D eigenvalue weighted by molar-refractivity contribution is 0.0955. The minimum atomic E-state index is -0.236. The Hall–Kier alpha value is -2.62. The van der Waals surface area contributed by atoms with Crippen molar-refractivity contribution in [1.29, 1.82) is 0 Å². The zero-order valence-electron chi connectivity index (χ0n) is 11.5. The normalized spacial score (nSPS) is 11.0. The predicted molar refractivity (Wildman–Crippen MR) is 79.1 cm³/mol.